The monoisotopic (exact) mass is 316 g/mol. The molecule has 2 nitrogen and oxygen atoms in total. The first-order chi connectivity index (χ1) is 9.24. The van der Waals surface area contributed by atoms with Crippen LogP contribution in [0.25, 0.3) is 10.8 Å². The van der Waals surface area contributed by atoms with Crippen LogP contribution in [0.15, 0.2) is 53.1 Å². The largest absolute Gasteiger partial charge is 0.206 e. The minimum Gasteiger partial charge on any atom is -0.206 e. The van der Waals surface area contributed by atoms with Gasteiger partial charge in [-0.2, -0.15) is 10.2 Å². The maximum atomic E-state index is 13.2. The molecule has 19 heavy (non-hydrogen) atoms. The molecule has 0 radical (unpaired) electrons. The summed E-state index contributed by atoms with van der Waals surface area (Å²) >= 11 is 3.20. The molecule has 0 bridgehead atoms. The van der Waals surface area contributed by atoms with Gasteiger partial charge in [-0.15, -0.1) is 0 Å². The number of fused-ring (bicyclic) bond motifs is 1. The lowest BCUT2D eigenvalue weighted by molar-refractivity contribution is 0.620. The van der Waals surface area contributed by atoms with Crippen molar-refractivity contribution in [1.82, 2.24) is 10.2 Å². The lowest BCUT2D eigenvalue weighted by atomic mass is 10.0. The summed E-state index contributed by atoms with van der Waals surface area (Å²) in [7, 11) is 0. The molecular weight excluding hydrogens is 307 g/mol. The minimum absolute atomic E-state index is 0.257. The zero-order valence-corrected chi connectivity index (χ0v) is 11.6. The van der Waals surface area contributed by atoms with Crippen molar-refractivity contribution in [2.24, 2.45) is 0 Å². The van der Waals surface area contributed by atoms with E-state index in [1.807, 2.05) is 24.3 Å². The normalized spacial score (nSPS) is 10.8. The molecule has 0 saturated heterocycles. The third kappa shape index (κ3) is 2.49. The second-order valence-corrected chi connectivity index (χ2v) is 5.16. The van der Waals surface area contributed by atoms with Gasteiger partial charge in [-0.1, -0.05) is 30.3 Å². The Morgan fingerprint density at radius 3 is 2.79 bits per heavy atom. The summed E-state index contributed by atoms with van der Waals surface area (Å²) in [5.74, 6) is -0.257. The molecule has 1 heterocycles. The SMILES string of the molecule is Fc1ccc(Cc2nncc3ccccc23)cc1Br. The second-order valence-electron chi connectivity index (χ2n) is 4.30. The standard InChI is InChI=1S/C15H10BrFN2/c16-13-7-10(5-6-14(13)17)8-15-12-4-2-1-3-11(12)9-18-19-15/h1-7,9H,8H2. The Balaban J connectivity index is 2.03. The summed E-state index contributed by atoms with van der Waals surface area (Å²) < 4.78 is 13.7. The lowest BCUT2D eigenvalue weighted by Crippen LogP contribution is -1.96. The number of rotatable bonds is 2. The second kappa shape index (κ2) is 5.05. The third-order valence-electron chi connectivity index (χ3n) is 3.00. The van der Waals surface area contributed by atoms with Crippen LogP contribution >= 0.6 is 15.9 Å². The molecule has 4 heteroatoms. The Morgan fingerprint density at radius 1 is 1.11 bits per heavy atom. The molecule has 0 spiro atoms. The van der Waals surface area contributed by atoms with Crippen LogP contribution in [0.2, 0.25) is 0 Å². The highest BCUT2D eigenvalue weighted by Crippen LogP contribution is 2.21. The summed E-state index contributed by atoms with van der Waals surface area (Å²) in [4.78, 5) is 0. The van der Waals surface area contributed by atoms with Crippen molar-refractivity contribution in [3.63, 3.8) is 0 Å². The molecule has 0 aliphatic heterocycles. The van der Waals surface area contributed by atoms with E-state index in [2.05, 4.69) is 26.1 Å². The molecule has 0 amide bonds. The summed E-state index contributed by atoms with van der Waals surface area (Å²) in [5, 5.41) is 10.4. The third-order valence-corrected chi connectivity index (χ3v) is 3.61. The van der Waals surface area contributed by atoms with Crippen molar-refractivity contribution in [1.29, 1.82) is 0 Å². The van der Waals surface area contributed by atoms with Crippen molar-refractivity contribution in [2.45, 2.75) is 6.42 Å². The number of aromatic nitrogens is 2. The number of hydrogen-bond donors (Lipinski definition) is 0. The van der Waals surface area contributed by atoms with Crippen LogP contribution < -0.4 is 0 Å². The van der Waals surface area contributed by atoms with Crippen LogP contribution in [0.1, 0.15) is 11.3 Å². The van der Waals surface area contributed by atoms with Gasteiger partial charge in [-0.05, 0) is 33.6 Å². The summed E-state index contributed by atoms with van der Waals surface area (Å²) in [6, 6.07) is 13.0. The Bertz CT molecular complexity index is 738. The quantitative estimate of drug-likeness (QED) is 0.710. The Hall–Kier alpha value is -1.81. The van der Waals surface area contributed by atoms with Crippen molar-refractivity contribution >= 4 is 26.7 Å². The molecule has 3 rings (SSSR count). The van der Waals surface area contributed by atoms with E-state index in [4.69, 9.17) is 0 Å². The first-order valence-electron chi connectivity index (χ1n) is 5.87. The van der Waals surface area contributed by atoms with Gasteiger partial charge >= 0.3 is 0 Å². The van der Waals surface area contributed by atoms with Crippen LogP contribution in [0.3, 0.4) is 0 Å². The van der Waals surface area contributed by atoms with Crippen LogP contribution in [0.5, 0.6) is 0 Å². The topological polar surface area (TPSA) is 25.8 Å². The van der Waals surface area contributed by atoms with Crippen molar-refractivity contribution in [2.75, 3.05) is 0 Å². The molecule has 0 unspecified atom stereocenters. The molecule has 0 saturated carbocycles. The average Bonchev–Trinajstić information content (AvgIpc) is 2.43. The highest BCUT2D eigenvalue weighted by Gasteiger charge is 2.06. The van der Waals surface area contributed by atoms with Crippen LogP contribution in [0.4, 0.5) is 4.39 Å². The fourth-order valence-electron chi connectivity index (χ4n) is 2.06. The Labute approximate surface area is 118 Å². The van der Waals surface area contributed by atoms with Gasteiger partial charge in [0.25, 0.3) is 0 Å². The molecule has 0 aliphatic rings. The highest BCUT2D eigenvalue weighted by atomic mass is 79.9. The maximum absolute atomic E-state index is 13.2. The van der Waals surface area contributed by atoms with Gasteiger partial charge in [0.2, 0.25) is 0 Å². The first kappa shape index (κ1) is 12.2. The van der Waals surface area contributed by atoms with E-state index in [9.17, 15) is 4.39 Å². The first-order valence-corrected chi connectivity index (χ1v) is 6.66. The molecule has 0 N–H and O–H groups in total. The van der Waals surface area contributed by atoms with E-state index < -0.39 is 0 Å². The summed E-state index contributed by atoms with van der Waals surface area (Å²) in [6.45, 7) is 0. The zero-order chi connectivity index (χ0) is 13.2. The lowest BCUT2D eigenvalue weighted by Gasteiger charge is -2.05. The van der Waals surface area contributed by atoms with E-state index >= 15 is 0 Å². The maximum Gasteiger partial charge on any atom is 0.137 e. The molecular formula is C15H10BrFN2. The average molecular weight is 317 g/mol. The van der Waals surface area contributed by atoms with E-state index in [-0.39, 0.29) is 5.82 Å². The molecule has 2 aromatic carbocycles. The van der Waals surface area contributed by atoms with Crippen LogP contribution in [0, 0.1) is 5.82 Å². The predicted molar refractivity (Wildman–Crippen MR) is 76.4 cm³/mol. The van der Waals surface area contributed by atoms with Gasteiger partial charge in [0.05, 0.1) is 16.4 Å². The van der Waals surface area contributed by atoms with Gasteiger partial charge < -0.3 is 0 Å². The highest BCUT2D eigenvalue weighted by molar-refractivity contribution is 9.10. The molecule has 3 aromatic rings. The molecule has 0 atom stereocenters. The smallest absolute Gasteiger partial charge is 0.137 e. The predicted octanol–water partition coefficient (Wildman–Crippen LogP) is 4.12. The van der Waals surface area contributed by atoms with Crippen molar-refractivity contribution < 1.29 is 4.39 Å². The van der Waals surface area contributed by atoms with Gasteiger partial charge in [-0.3, -0.25) is 0 Å². The molecule has 94 valence electrons. The molecule has 0 aliphatic carbocycles. The van der Waals surface area contributed by atoms with Crippen molar-refractivity contribution in [3.05, 3.63) is 70.2 Å². The van der Waals surface area contributed by atoms with Crippen LogP contribution in [-0.2, 0) is 6.42 Å². The number of halogens is 2. The van der Waals surface area contributed by atoms with E-state index in [0.717, 1.165) is 22.0 Å². The van der Waals surface area contributed by atoms with Gasteiger partial charge in [0.1, 0.15) is 5.82 Å². The van der Waals surface area contributed by atoms with Crippen LogP contribution in [-0.4, -0.2) is 10.2 Å². The van der Waals surface area contributed by atoms with Gasteiger partial charge in [0, 0.05) is 17.2 Å². The fraction of sp³-hybridized carbons (Fsp3) is 0.0667. The van der Waals surface area contributed by atoms with Crippen molar-refractivity contribution in [3.8, 4) is 0 Å². The Kier molecular flexibility index (Phi) is 3.25. The van der Waals surface area contributed by atoms with Gasteiger partial charge in [-0.25, -0.2) is 4.39 Å². The van der Waals surface area contributed by atoms with E-state index in [1.165, 1.54) is 6.07 Å². The van der Waals surface area contributed by atoms with E-state index in [0.29, 0.717) is 10.9 Å². The summed E-state index contributed by atoms with van der Waals surface area (Å²) in [6.07, 6.45) is 2.38. The van der Waals surface area contributed by atoms with E-state index in [1.54, 1.807) is 18.3 Å². The number of hydrogen-bond acceptors (Lipinski definition) is 2. The Morgan fingerprint density at radius 2 is 1.95 bits per heavy atom. The fourth-order valence-corrected chi connectivity index (χ4v) is 2.49. The number of benzene rings is 2. The van der Waals surface area contributed by atoms with Gasteiger partial charge in [0.15, 0.2) is 0 Å². The molecule has 0 fully saturated rings. The zero-order valence-electron chi connectivity index (χ0n) is 9.98. The molecule has 1 aromatic heterocycles. The minimum atomic E-state index is -0.257. The number of nitrogens with zero attached hydrogens (tertiary/aromatic N) is 2. The summed E-state index contributed by atoms with van der Waals surface area (Å²) in [5.41, 5.74) is 1.90.